The summed E-state index contributed by atoms with van der Waals surface area (Å²) in [6.45, 7) is 4.12. The number of nitrogens with two attached hydrogens (primary N) is 1. The van der Waals surface area contributed by atoms with Crippen molar-refractivity contribution in [2.75, 3.05) is 5.73 Å². The van der Waals surface area contributed by atoms with Crippen molar-refractivity contribution in [3.05, 3.63) is 47.8 Å². The molecule has 2 rings (SSSR count). The van der Waals surface area contributed by atoms with E-state index in [2.05, 4.69) is 18.9 Å². The number of ketones is 1. The number of Topliss-reactive ketones (excluding diaryl/α,β-unsaturated/α-hetero) is 1. The second-order valence-corrected chi connectivity index (χ2v) is 5.01. The molecule has 0 radical (unpaired) electrons. The van der Waals surface area contributed by atoms with Gasteiger partial charge < -0.3 is 5.73 Å². The van der Waals surface area contributed by atoms with Crippen LogP contribution >= 0.6 is 0 Å². The van der Waals surface area contributed by atoms with E-state index in [1.54, 1.807) is 0 Å². The molecule has 0 spiro atoms. The van der Waals surface area contributed by atoms with Gasteiger partial charge in [0.25, 0.3) is 0 Å². The van der Waals surface area contributed by atoms with E-state index in [4.69, 9.17) is 5.73 Å². The minimum Gasteiger partial charge on any atom is -0.399 e. The molecule has 1 aromatic heterocycles. The summed E-state index contributed by atoms with van der Waals surface area (Å²) < 4.78 is 1.87. The third-order valence-electron chi connectivity index (χ3n) is 2.95. The summed E-state index contributed by atoms with van der Waals surface area (Å²) in [5, 5.41) is 4.38. The van der Waals surface area contributed by atoms with Crippen molar-refractivity contribution in [3.8, 4) is 0 Å². The standard InChI is InChI=1S/C15H19N3O/c1-11(2)18-8-7-14(17-18)10-15(19)9-12-3-5-13(16)6-4-12/h3-8,11H,9-10,16H2,1-2H3. The van der Waals surface area contributed by atoms with Gasteiger partial charge in [0.15, 0.2) is 0 Å². The lowest BCUT2D eigenvalue weighted by Crippen LogP contribution is -2.08. The van der Waals surface area contributed by atoms with Crippen LogP contribution in [0.5, 0.6) is 0 Å². The van der Waals surface area contributed by atoms with Crippen LogP contribution in [0.1, 0.15) is 31.1 Å². The van der Waals surface area contributed by atoms with Crippen LogP contribution in [0.25, 0.3) is 0 Å². The van der Waals surface area contributed by atoms with E-state index >= 15 is 0 Å². The maximum atomic E-state index is 12.0. The lowest BCUT2D eigenvalue weighted by molar-refractivity contribution is -0.117. The largest absolute Gasteiger partial charge is 0.399 e. The smallest absolute Gasteiger partial charge is 0.143 e. The SMILES string of the molecule is CC(C)n1ccc(CC(=O)Cc2ccc(N)cc2)n1. The summed E-state index contributed by atoms with van der Waals surface area (Å²) in [6.07, 6.45) is 2.72. The zero-order valence-electron chi connectivity index (χ0n) is 11.3. The minimum atomic E-state index is 0.166. The monoisotopic (exact) mass is 257 g/mol. The molecule has 0 atom stereocenters. The van der Waals surface area contributed by atoms with Gasteiger partial charge in [-0.05, 0) is 37.6 Å². The fourth-order valence-corrected chi connectivity index (χ4v) is 1.89. The van der Waals surface area contributed by atoms with Crippen LogP contribution in [-0.2, 0) is 17.6 Å². The highest BCUT2D eigenvalue weighted by atomic mass is 16.1. The van der Waals surface area contributed by atoms with Crippen LogP contribution in [0.3, 0.4) is 0 Å². The number of nitrogens with zero attached hydrogens (tertiary/aromatic N) is 2. The van der Waals surface area contributed by atoms with Crippen molar-refractivity contribution in [3.63, 3.8) is 0 Å². The first-order valence-corrected chi connectivity index (χ1v) is 6.45. The van der Waals surface area contributed by atoms with Gasteiger partial charge in [-0.25, -0.2) is 0 Å². The van der Waals surface area contributed by atoms with E-state index in [0.717, 1.165) is 11.3 Å². The van der Waals surface area contributed by atoms with Crippen molar-refractivity contribution in [1.82, 2.24) is 9.78 Å². The third kappa shape index (κ3) is 3.68. The molecule has 1 heterocycles. The number of carbonyl (C=O) groups is 1. The van der Waals surface area contributed by atoms with Gasteiger partial charge >= 0.3 is 0 Å². The molecule has 0 aliphatic heterocycles. The Morgan fingerprint density at radius 2 is 1.89 bits per heavy atom. The molecule has 4 heteroatoms. The van der Waals surface area contributed by atoms with E-state index in [1.807, 2.05) is 41.2 Å². The topological polar surface area (TPSA) is 60.9 Å². The maximum absolute atomic E-state index is 12.0. The normalized spacial score (nSPS) is 10.9. The number of anilines is 1. The molecule has 0 saturated heterocycles. The van der Waals surface area contributed by atoms with Gasteiger partial charge in [0.1, 0.15) is 5.78 Å². The zero-order valence-corrected chi connectivity index (χ0v) is 11.3. The van der Waals surface area contributed by atoms with Gasteiger partial charge in [-0.15, -0.1) is 0 Å². The summed E-state index contributed by atoms with van der Waals surface area (Å²) in [6, 6.07) is 9.63. The molecule has 0 aliphatic rings. The highest BCUT2D eigenvalue weighted by Crippen LogP contribution is 2.09. The minimum absolute atomic E-state index is 0.166. The quantitative estimate of drug-likeness (QED) is 0.837. The second-order valence-electron chi connectivity index (χ2n) is 5.01. The molecule has 1 aromatic carbocycles. The Balaban J connectivity index is 1.95. The number of rotatable bonds is 5. The first-order valence-electron chi connectivity index (χ1n) is 6.45. The fraction of sp³-hybridized carbons (Fsp3) is 0.333. The molecular weight excluding hydrogens is 238 g/mol. The van der Waals surface area contributed by atoms with Gasteiger partial charge in [-0.2, -0.15) is 5.10 Å². The Bertz CT molecular complexity index is 555. The van der Waals surface area contributed by atoms with Crippen LogP contribution in [0.15, 0.2) is 36.5 Å². The van der Waals surface area contributed by atoms with E-state index in [9.17, 15) is 4.79 Å². The number of hydrogen-bond acceptors (Lipinski definition) is 3. The molecule has 19 heavy (non-hydrogen) atoms. The number of nitrogen functional groups attached to an aromatic ring is 1. The Morgan fingerprint density at radius 1 is 1.21 bits per heavy atom. The highest BCUT2D eigenvalue weighted by molar-refractivity contribution is 5.82. The molecule has 0 saturated carbocycles. The summed E-state index contributed by atoms with van der Waals surface area (Å²) in [7, 11) is 0. The van der Waals surface area contributed by atoms with E-state index in [0.29, 0.717) is 24.6 Å². The molecule has 4 nitrogen and oxygen atoms in total. The van der Waals surface area contributed by atoms with Crippen molar-refractivity contribution in [2.24, 2.45) is 0 Å². The van der Waals surface area contributed by atoms with Crippen LogP contribution in [0.2, 0.25) is 0 Å². The number of benzene rings is 1. The Labute approximate surface area is 113 Å². The van der Waals surface area contributed by atoms with Crippen LogP contribution in [0, 0.1) is 0 Å². The van der Waals surface area contributed by atoms with Gasteiger partial charge in [0.2, 0.25) is 0 Å². The number of carbonyl (C=O) groups excluding carboxylic acids is 1. The summed E-state index contributed by atoms with van der Waals surface area (Å²) in [5.74, 6) is 0.166. The predicted molar refractivity (Wildman–Crippen MR) is 75.9 cm³/mol. The molecule has 0 fully saturated rings. The zero-order chi connectivity index (χ0) is 13.8. The average molecular weight is 257 g/mol. The Hall–Kier alpha value is -2.10. The second kappa shape index (κ2) is 5.69. The Morgan fingerprint density at radius 3 is 2.47 bits per heavy atom. The van der Waals surface area contributed by atoms with Crippen LogP contribution in [-0.4, -0.2) is 15.6 Å². The van der Waals surface area contributed by atoms with E-state index < -0.39 is 0 Å². The Kier molecular flexibility index (Phi) is 4.00. The summed E-state index contributed by atoms with van der Waals surface area (Å²) in [4.78, 5) is 12.0. The van der Waals surface area contributed by atoms with Gasteiger partial charge in [0, 0.05) is 24.3 Å². The number of aromatic nitrogens is 2. The van der Waals surface area contributed by atoms with Crippen LogP contribution in [0.4, 0.5) is 5.69 Å². The average Bonchev–Trinajstić information content (AvgIpc) is 2.80. The van der Waals surface area contributed by atoms with Crippen LogP contribution < -0.4 is 5.73 Å². The summed E-state index contributed by atoms with van der Waals surface area (Å²) in [5.41, 5.74) is 8.15. The molecular formula is C15H19N3O. The van der Waals surface area contributed by atoms with Crippen molar-refractivity contribution < 1.29 is 4.79 Å². The first-order chi connectivity index (χ1) is 9.04. The molecule has 2 aromatic rings. The lowest BCUT2D eigenvalue weighted by Gasteiger charge is -2.04. The van der Waals surface area contributed by atoms with Gasteiger partial charge in [-0.3, -0.25) is 9.48 Å². The first kappa shape index (κ1) is 13.3. The van der Waals surface area contributed by atoms with Gasteiger partial charge in [0.05, 0.1) is 12.1 Å². The molecule has 0 aliphatic carbocycles. The molecule has 0 bridgehead atoms. The number of hydrogen-bond donors (Lipinski definition) is 1. The lowest BCUT2D eigenvalue weighted by atomic mass is 10.1. The molecule has 2 N–H and O–H groups in total. The molecule has 0 unspecified atom stereocenters. The molecule has 100 valence electrons. The van der Waals surface area contributed by atoms with Crippen molar-refractivity contribution in [1.29, 1.82) is 0 Å². The third-order valence-corrected chi connectivity index (χ3v) is 2.95. The van der Waals surface area contributed by atoms with E-state index in [1.165, 1.54) is 0 Å². The van der Waals surface area contributed by atoms with E-state index in [-0.39, 0.29) is 5.78 Å². The maximum Gasteiger partial charge on any atom is 0.143 e. The van der Waals surface area contributed by atoms with Crippen molar-refractivity contribution >= 4 is 11.5 Å². The van der Waals surface area contributed by atoms with Crippen molar-refractivity contribution in [2.45, 2.75) is 32.7 Å². The van der Waals surface area contributed by atoms with Gasteiger partial charge in [-0.1, -0.05) is 12.1 Å². The summed E-state index contributed by atoms with van der Waals surface area (Å²) >= 11 is 0. The fourth-order valence-electron chi connectivity index (χ4n) is 1.89. The molecule has 0 amide bonds. The predicted octanol–water partition coefficient (Wildman–Crippen LogP) is 2.40. The highest BCUT2D eigenvalue weighted by Gasteiger charge is 2.08.